The molecule has 1 rings (SSSR count). The Morgan fingerprint density at radius 1 is 1.43 bits per heavy atom. The summed E-state index contributed by atoms with van der Waals surface area (Å²) in [6.45, 7) is 7.88. The minimum Gasteiger partial charge on any atom is -0.486 e. The summed E-state index contributed by atoms with van der Waals surface area (Å²) in [5.74, 6) is 0.988. The van der Waals surface area contributed by atoms with Gasteiger partial charge in [-0.2, -0.15) is 0 Å². The molecule has 0 aliphatic rings. The maximum absolute atomic E-state index is 5.73. The summed E-state index contributed by atoms with van der Waals surface area (Å²) in [5, 5.41) is 0. The Kier molecular flexibility index (Phi) is 4.24. The van der Waals surface area contributed by atoms with Crippen molar-refractivity contribution in [3.05, 3.63) is 42.5 Å². The van der Waals surface area contributed by atoms with Crippen molar-refractivity contribution in [2.75, 3.05) is 0 Å². The lowest BCUT2D eigenvalue weighted by atomic mass is 10.1. The number of para-hydroxylation sites is 1. The van der Waals surface area contributed by atoms with E-state index in [1.54, 1.807) is 0 Å². The molecular formula is C13H18O. The van der Waals surface area contributed by atoms with E-state index >= 15 is 0 Å². The minimum atomic E-state index is 0.0769. The van der Waals surface area contributed by atoms with Crippen LogP contribution in [0.3, 0.4) is 0 Å². The van der Waals surface area contributed by atoms with Crippen molar-refractivity contribution in [1.82, 2.24) is 0 Å². The van der Waals surface area contributed by atoms with Crippen LogP contribution >= 0.6 is 0 Å². The molecule has 0 radical (unpaired) electrons. The van der Waals surface area contributed by atoms with Crippen LogP contribution in [0, 0.1) is 0 Å². The molecule has 0 saturated heterocycles. The second kappa shape index (κ2) is 5.48. The van der Waals surface area contributed by atoms with E-state index < -0.39 is 0 Å². The van der Waals surface area contributed by atoms with Crippen LogP contribution in [0.15, 0.2) is 36.9 Å². The van der Waals surface area contributed by atoms with Crippen LogP contribution in [-0.4, -0.2) is 6.10 Å². The molecular weight excluding hydrogens is 172 g/mol. The lowest BCUT2D eigenvalue weighted by Crippen LogP contribution is -2.08. The first kappa shape index (κ1) is 10.8. The third-order valence-electron chi connectivity index (χ3n) is 2.14. The zero-order chi connectivity index (χ0) is 10.4. The molecule has 0 aliphatic carbocycles. The SMILES string of the molecule is C=CC(C)Oc1ccccc1CCC. The predicted octanol–water partition coefficient (Wildman–Crippen LogP) is 3.59. The van der Waals surface area contributed by atoms with E-state index in [2.05, 4.69) is 25.6 Å². The Labute approximate surface area is 86.4 Å². The highest BCUT2D eigenvalue weighted by Crippen LogP contribution is 2.20. The Morgan fingerprint density at radius 3 is 2.79 bits per heavy atom. The highest BCUT2D eigenvalue weighted by atomic mass is 16.5. The lowest BCUT2D eigenvalue weighted by Gasteiger charge is -2.14. The van der Waals surface area contributed by atoms with Gasteiger partial charge in [0.05, 0.1) is 0 Å². The molecule has 0 aromatic heterocycles. The van der Waals surface area contributed by atoms with Crippen molar-refractivity contribution in [2.24, 2.45) is 0 Å². The molecule has 1 nitrogen and oxygen atoms in total. The van der Waals surface area contributed by atoms with E-state index in [0.717, 1.165) is 18.6 Å². The molecule has 1 aromatic rings. The van der Waals surface area contributed by atoms with Crippen molar-refractivity contribution in [3.63, 3.8) is 0 Å². The van der Waals surface area contributed by atoms with Crippen LogP contribution in [0.5, 0.6) is 5.75 Å². The van der Waals surface area contributed by atoms with Crippen molar-refractivity contribution < 1.29 is 4.74 Å². The van der Waals surface area contributed by atoms with Gasteiger partial charge in [-0.05, 0) is 25.0 Å². The van der Waals surface area contributed by atoms with Gasteiger partial charge in [0.2, 0.25) is 0 Å². The lowest BCUT2D eigenvalue weighted by molar-refractivity contribution is 0.267. The third-order valence-corrected chi connectivity index (χ3v) is 2.14. The number of rotatable bonds is 5. The first-order valence-corrected chi connectivity index (χ1v) is 5.15. The van der Waals surface area contributed by atoms with Gasteiger partial charge in [0, 0.05) is 0 Å². The number of hydrogen-bond acceptors (Lipinski definition) is 1. The maximum atomic E-state index is 5.73. The summed E-state index contributed by atoms with van der Waals surface area (Å²) in [5.41, 5.74) is 1.28. The monoisotopic (exact) mass is 190 g/mol. The maximum Gasteiger partial charge on any atom is 0.123 e. The molecule has 0 bridgehead atoms. The molecule has 0 fully saturated rings. The molecule has 1 heteroatoms. The fraction of sp³-hybridized carbons (Fsp3) is 0.385. The van der Waals surface area contributed by atoms with E-state index in [1.807, 2.05) is 25.1 Å². The number of benzene rings is 1. The zero-order valence-electron chi connectivity index (χ0n) is 8.99. The zero-order valence-corrected chi connectivity index (χ0v) is 8.99. The largest absolute Gasteiger partial charge is 0.486 e. The molecule has 0 spiro atoms. The first-order valence-electron chi connectivity index (χ1n) is 5.15. The van der Waals surface area contributed by atoms with Gasteiger partial charge >= 0.3 is 0 Å². The highest BCUT2D eigenvalue weighted by molar-refractivity contribution is 5.33. The van der Waals surface area contributed by atoms with Gasteiger partial charge in [0.25, 0.3) is 0 Å². The fourth-order valence-electron chi connectivity index (χ4n) is 1.34. The molecule has 0 aliphatic heterocycles. The third kappa shape index (κ3) is 2.91. The summed E-state index contributed by atoms with van der Waals surface area (Å²) >= 11 is 0. The first-order chi connectivity index (χ1) is 6.77. The Bertz CT molecular complexity index is 291. The average Bonchev–Trinajstić information content (AvgIpc) is 2.21. The molecule has 1 unspecified atom stereocenters. The van der Waals surface area contributed by atoms with Crippen LogP contribution in [0.1, 0.15) is 25.8 Å². The van der Waals surface area contributed by atoms with Gasteiger partial charge in [0.1, 0.15) is 11.9 Å². The quantitative estimate of drug-likeness (QED) is 0.645. The Morgan fingerprint density at radius 2 is 2.14 bits per heavy atom. The van der Waals surface area contributed by atoms with Gasteiger partial charge in [-0.25, -0.2) is 0 Å². The molecule has 1 atom stereocenters. The normalized spacial score (nSPS) is 12.1. The summed E-state index contributed by atoms with van der Waals surface area (Å²) in [6, 6.07) is 8.19. The Hall–Kier alpha value is -1.24. The average molecular weight is 190 g/mol. The molecule has 1 aromatic carbocycles. The van der Waals surface area contributed by atoms with Gasteiger partial charge in [-0.1, -0.05) is 44.2 Å². The van der Waals surface area contributed by atoms with Crippen molar-refractivity contribution in [2.45, 2.75) is 32.8 Å². The Balaban J connectivity index is 2.78. The fourth-order valence-corrected chi connectivity index (χ4v) is 1.34. The van der Waals surface area contributed by atoms with Crippen LogP contribution in [0.2, 0.25) is 0 Å². The minimum absolute atomic E-state index is 0.0769. The van der Waals surface area contributed by atoms with Crippen molar-refractivity contribution >= 4 is 0 Å². The molecule has 14 heavy (non-hydrogen) atoms. The summed E-state index contributed by atoms with van der Waals surface area (Å²) in [7, 11) is 0. The predicted molar refractivity (Wildman–Crippen MR) is 60.7 cm³/mol. The number of aryl methyl sites for hydroxylation is 1. The van der Waals surface area contributed by atoms with Crippen LogP contribution in [0.25, 0.3) is 0 Å². The molecule has 76 valence electrons. The molecule has 0 N–H and O–H groups in total. The van der Waals surface area contributed by atoms with E-state index in [0.29, 0.717) is 0 Å². The van der Waals surface area contributed by atoms with E-state index in [-0.39, 0.29) is 6.10 Å². The van der Waals surface area contributed by atoms with Gasteiger partial charge < -0.3 is 4.74 Å². The summed E-state index contributed by atoms with van der Waals surface area (Å²) < 4.78 is 5.73. The van der Waals surface area contributed by atoms with Crippen LogP contribution in [0.4, 0.5) is 0 Å². The number of hydrogen-bond donors (Lipinski definition) is 0. The smallest absolute Gasteiger partial charge is 0.123 e. The van der Waals surface area contributed by atoms with Gasteiger partial charge in [0.15, 0.2) is 0 Å². The van der Waals surface area contributed by atoms with Crippen LogP contribution in [-0.2, 0) is 6.42 Å². The topological polar surface area (TPSA) is 9.23 Å². The molecule has 0 amide bonds. The van der Waals surface area contributed by atoms with Crippen molar-refractivity contribution in [3.8, 4) is 5.75 Å². The van der Waals surface area contributed by atoms with E-state index in [4.69, 9.17) is 4.74 Å². The second-order valence-electron chi connectivity index (χ2n) is 3.42. The van der Waals surface area contributed by atoms with Crippen LogP contribution < -0.4 is 4.74 Å². The van der Waals surface area contributed by atoms with E-state index in [9.17, 15) is 0 Å². The second-order valence-corrected chi connectivity index (χ2v) is 3.42. The summed E-state index contributed by atoms with van der Waals surface area (Å²) in [4.78, 5) is 0. The van der Waals surface area contributed by atoms with Gasteiger partial charge in [-0.15, -0.1) is 0 Å². The van der Waals surface area contributed by atoms with E-state index in [1.165, 1.54) is 5.56 Å². The van der Waals surface area contributed by atoms with Crippen molar-refractivity contribution in [1.29, 1.82) is 0 Å². The van der Waals surface area contributed by atoms with Gasteiger partial charge in [-0.3, -0.25) is 0 Å². The molecule has 0 saturated carbocycles. The summed E-state index contributed by atoms with van der Waals surface area (Å²) in [6.07, 6.45) is 4.10. The number of ether oxygens (including phenoxy) is 1. The molecule has 0 heterocycles. The standard InChI is InChI=1S/C13H18O/c1-4-8-12-9-6-7-10-13(12)14-11(3)5-2/h5-7,9-11H,2,4,8H2,1,3H3. The highest BCUT2D eigenvalue weighted by Gasteiger charge is 2.03.